The zero-order chi connectivity index (χ0) is 19.4. The molecule has 0 aliphatic heterocycles. The fourth-order valence-corrected chi connectivity index (χ4v) is 2.76. The van der Waals surface area contributed by atoms with Gasteiger partial charge in [-0.05, 0) is 36.8 Å². The number of hydrogen-bond donors (Lipinski definition) is 2. The van der Waals surface area contributed by atoms with Crippen molar-refractivity contribution in [2.24, 2.45) is 0 Å². The lowest BCUT2D eigenvalue weighted by Gasteiger charge is -2.15. The van der Waals surface area contributed by atoms with Crippen molar-refractivity contribution in [3.8, 4) is 5.75 Å². The minimum absolute atomic E-state index is 0.317. The van der Waals surface area contributed by atoms with Crippen LogP contribution in [0.1, 0.15) is 23.7 Å². The van der Waals surface area contributed by atoms with E-state index in [1.54, 1.807) is 42.5 Å². The molecule has 2 aromatic carbocycles. The van der Waals surface area contributed by atoms with Crippen LogP contribution in [-0.2, 0) is 9.53 Å². The van der Waals surface area contributed by atoms with Gasteiger partial charge in [-0.2, -0.15) is 5.10 Å². The molecule has 2 N–H and O–H groups in total. The van der Waals surface area contributed by atoms with E-state index in [4.69, 9.17) is 21.1 Å². The van der Waals surface area contributed by atoms with Gasteiger partial charge >= 0.3 is 5.97 Å². The average Bonchev–Trinajstić information content (AvgIpc) is 3.07. The Morgan fingerprint density at radius 3 is 2.78 bits per heavy atom. The maximum atomic E-state index is 12.4. The maximum Gasteiger partial charge on any atom is 0.347 e. The number of esters is 1. The first-order valence-corrected chi connectivity index (χ1v) is 8.69. The highest BCUT2D eigenvalue weighted by Crippen LogP contribution is 2.26. The van der Waals surface area contributed by atoms with Gasteiger partial charge in [-0.25, -0.2) is 4.79 Å². The van der Waals surface area contributed by atoms with Crippen molar-refractivity contribution >= 4 is 40.2 Å². The standard InChI is InChI=1S/C19H18ClN3O4/c1-3-16(19(25)26-2)27-13-7-8-14-15(10-13)22-23-17(14)21-18(24)11-5-4-6-12(20)9-11/h4-10,16H,3H2,1-2H3,(H2,21,22,23,24). The van der Waals surface area contributed by atoms with Crippen LogP contribution in [0.15, 0.2) is 42.5 Å². The predicted octanol–water partition coefficient (Wildman–Crippen LogP) is 3.80. The molecule has 7 nitrogen and oxygen atoms in total. The number of benzene rings is 2. The fourth-order valence-electron chi connectivity index (χ4n) is 2.57. The van der Waals surface area contributed by atoms with Crippen LogP contribution in [-0.4, -0.2) is 35.3 Å². The predicted molar refractivity (Wildman–Crippen MR) is 102 cm³/mol. The Morgan fingerprint density at radius 2 is 2.07 bits per heavy atom. The summed E-state index contributed by atoms with van der Waals surface area (Å²) in [6, 6.07) is 11.8. The molecule has 8 heteroatoms. The summed E-state index contributed by atoms with van der Waals surface area (Å²) in [5, 5.41) is 10.9. The number of ether oxygens (including phenoxy) is 2. The molecule has 1 heterocycles. The van der Waals surface area contributed by atoms with Crippen molar-refractivity contribution in [2.75, 3.05) is 12.4 Å². The Kier molecular flexibility index (Phi) is 5.61. The smallest absolute Gasteiger partial charge is 0.347 e. The minimum atomic E-state index is -0.683. The van der Waals surface area contributed by atoms with Crippen molar-refractivity contribution in [3.63, 3.8) is 0 Å². The van der Waals surface area contributed by atoms with E-state index in [-0.39, 0.29) is 5.91 Å². The zero-order valence-corrected chi connectivity index (χ0v) is 15.5. The summed E-state index contributed by atoms with van der Waals surface area (Å²) in [4.78, 5) is 24.0. The van der Waals surface area contributed by atoms with Gasteiger partial charge in [0.05, 0.1) is 12.6 Å². The first-order valence-electron chi connectivity index (χ1n) is 8.31. The van der Waals surface area contributed by atoms with E-state index < -0.39 is 12.1 Å². The Balaban J connectivity index is 1.79. The fraction of sp³-hybridized carbons (Fsp3) is 0.211. The molecule has 3 rings (SSSR count). The molecule has 1 amide bonds. The molecule has 3 aromatic rings. The van der Waals surface area contributed by atoms with Crippen LogP contribution >= 0.6 is 11.6 Å². The topological polar surface area (TPSA) is 93.3 Å². The lowest BCUT2D eigenvalue weighted by Crippen LogP contribution is -2.27. The minimum Gasteiger partial charge on any atom is -0.479 e. The molecule has 0 aliphatic carbocycles. The number of H-pyrrole nitrogens is 1. The number of carbonyl (C=O) groups excluding carboxylic acids is 2. The summed E-state index contributed by atoms with van der Waals surface area (Å²) in [5.74, 6) is 0.136. The Labute approximate surface area is 160 Å². The monoisotopic (exact) mass is 387 g/mol. The SMILES string of the molecule is CCC(Oc1ccc2c(NC(=O)c3cccc(Cl)c3)n[nH]c2c1)C(=O)OC. The molecule has 0 bridgehead atoms. The summed E-state index contributed by atoms with van der Waals surface area (Å²) in [7, 11) is 1.32. The average molecular weight is 388 g/mol. The Morgan fingerprint density at radius 1 is 1.26 bits per heavy atom. The van der Waals surface area contributed by atoms with Crippen molar-refractivity contribution in [2.45, 2.75) is 19.4 Å². The number of halogens is 1. The molecule has 0 radical (unpaired) electrons. The molecule has 1 unspecified atom stereocenters. The number of nitrogens with zero attached hydrogens (tertiary/aromatic N) is 1. The lowest BCUT2D eigenvalue weighted by atomic mass is 10.2. The molecule has 0 saturated carbocycles. The van der Waals surface area contributed by atoms with Crippen LogP contribution in [0.5, 0.6) is 5.75 Å². The van der Waals surface area contributed by atoms with E-state index in [9.17, 15) is 9.59 Å². The van der Waals surface area contributed by atoms with Gasteiger partial charge in [0.2, 0.25) is 0 Å². The highest BCUT2D eigenvalue weighted by atomic mass is 35.5. The van der Waals surface area contributed by atoms with Gasteiger partial charge in [-0.15, -0.1) is 0 Å². The lowest BCUT2D eigenvalue weighted by molar-refractivity contribution is -0.148. The van der Waals surface area contributed by atoms with Crippen LogP contribution < -0.4 is 10.1 Å². The van der Waals surface area contributed by atoms with Crippen LogP contribution in [0.25, 0.3) is 10.9 Å². The summed E-state index contributed by atoms with van der Waals surface area (Å²) in [6.45, 7) is 1.83. The Hall–Kier alpha value is -3.06. The van der Waals surface area contributed by atoms with Gasteiger partial charge in [0, 0.05) is 22.0 Å². The Bertz CT molecular complexity index is 986. The molecule has 1 atom stereocenters. The number of fused-ring (bicyclic) bond motifs is 1. The van der Waals surface area contributed by atoms with Gasteiger partial charge in [0.25, 0.3) is 5.91 Å². The van der Waals surface area contributed by atoms with Crippen molar-refractivity contribution in [3.05, 3.63) is 53.1 Å². The molecular weight excluding hydrogens is 370 g/mol. The second kappa shape index (κ2) is 8.09. The van der Waals surface area contributed by atoms with E-state index in [0.717, 1.165) is 0 Å². The van der Waals surface area contributed by atoms with Crippen molar-refractivity contribution < 1.29 is 19.1 Å². The van der Waals surface area contributed by atoms with Crippen LogP contribution in [0.2, 0.25) is 5.02 Å². The maximum absolute atomic E-state index is 12.4. The number of aromatic nitrogens is 2. The highest BCUT2D eigenvalue weighted by molar-refractivity contribution is 6.31. The molecule has 0 aliphatic rings. The summed E-state index contributed by atoms with van der Waals surface area (Å²) in [6.07, 6.45) is -0.202. The number of methoxy groups -OCH3 is 1. The third-order valence-corrected chi connectivity index (χ3v) is 4.20. The first-order chi connectivity index (χ1) is 13.0. The molecule has 27 heavy (non-hydrogen) atoms. The number of nitrogens with one attached hydrogen (secondary N) is 2. The van der Waals surface area contributed by atoms with E-state index in [1.807, 2.05) is 6.92 Å². The molecule has 0 saturated heterocycles. The number of rotatable bonds is 6. The van der Waals surface area contributed by atoms with Gasteiger partial charge in [0.15, 0.2) is 11.9 Å². The summed E-state index contributed by atoms with van der Waals surface area (Å²) < 4.78 is 10.4. The second-order valence-corrected chi connectivity index (χ2v) is 6.22. The van der Waals surface area contributed by atoms with Gasteiger partial charge in [-0.1, -0.05) is 24.6 Å². The number of amides is 1. The van der Waals surface area contributed by atoms with Crippen LogP contribution in [0.4, 0.5) is 5.82 Å². The third-order valence-electron chi connectivity index (χ3n) is 3.97. The first kappa shape index (κ1) is 18.7. The van der Waals surface area contributed by atoms with Crippen molar-refractivity contribution in [1.82, 2.24) is 10.2 Å². The number of anilines is 1. The van der Waals surface area contributed by atoms with E-state index in [0.29, 0.717) is 39.5 Å². The summed E-state index contributed by atoms with van der Waals surface area (Å²) >= 11 is 5.92. The number of carbonyl (C=O) groups is 2. The van der Waals surface area contributed by atoms with Gasteiger partial charge in [-0.3, -0.25) is 9.89 Å². The molecule has 0 spiro atoms. The van der Waals surface area contributed by atoms with Gasteiger partial charge < -0.3 is 14.8 Å². The second-order valence-electron chi connectivity index (χ2n) is 5.78. The molecule has 1 aromatic heterocycles. The van der Waals surface area contributed by atoms with Crippen molar-refractivity contribution in [1.29, 1.82) is 0 Å². The highest BCUT2D eigenvalue weighted by Gasteiger charge is 2.19. The number of hydrogen-bond acceptors (Lipinski definition) is 5. The summed E-state index contributed by atoms with van der Waals surface area (Å²) in [5.41, 5.74) is 1.09. The zero-order valence-electron chi connectivity index (χ0n) is 14.8. The van der Waals surface area contributed by atoms with E-state index in [2.05, 4.69) is 15.5 Å². The normalized spacial score (nSPS) is 11.8. The third kappa shape index (κ3) is 4.20. The quantitative estimate of drug-likeness (QED) is 0.627. The number of aromatic amines is 1. The molecular formula is C19H18ClN3O4. The molecule has 0 fully saturated rings. The van der Waals surface area contributed by atoms with E-state index in [1.165, 1.54) is 7.11 Å². The van der Waals surface area contributed by atoms with Crippen LogP contribution in [0, 0.1) is 0 Å². The largest absolute Gasteiger partial charge is 0.479 e. The van der Waals surface area contributed by atoms with Crippen LogP contribution in [0.3, 0.4) is 0 Å². The van der Waals surface area contributed by atoms with E-state index >= 15 is 0 Å². The van der Waals surface area contributed by atoms with Gasteiger partial charge in [0.1, 0.15) is 5.75 Å². The molecule has 140 valence electrons.